The zero-order valence-corrected chi connectivity index (χ0v) is 12.7. The number of aliphatic hydroxyl groups excluding tert-OH is 1. The second kappa shape index (κ2) is 6.95. The average molecular weight is 302 g/mol. The summed E-state index contributed by atoms with van der Waals surface area (Å²) in [6, 6.07) is 11.8. The molecule has 0 spiro atoms. The molecule has 0 amide bonds. The van der Waals surface area contributed by atoms with E-state index in [0.717, 1.165) is 0 Å². The minimum atomic E-state index is -1.39. The van der Waals surface area contributed by atoms with Gasteiger partial charge in [0.1, 0.15) is 23.4 Å². The van der Waals surface area contributed by atoms with Crippen molar-refractivity contribution < 1.29 is 24.1 Å². The molecule has 0 fully saturated rings. The number of Topliss-reactive ketones (excluding diaryl/α,β-unsaturated/α-hetero) is 1. The first-order chi connectivity index (χ1) is 10.6. The van der Waals surface area contributed by atoms with Crippen LogP contribution in [0.1, 0.15) is 22.0 Å². The molecule has 116 valence electrons. The van der Waals surface area contributed by atoms with E-state index < -0.39 is 11.9 Å². The molecule has 0 heterocycles. The van der Waals surface area contributed by atoms with Gasteiger partial charge in [0, 0.05) is 17.7 Å². The minimum Gasteiger partial charge on any atom is -0.496 e. The monoisotopic (exact) mass is 302 g/mol. The molecule has 0 aliphatic rings. The summed E-state index contributed by atoms with van der Waals surface area (Å²) < 4.78 is 15.7. The lowest BCUT2D eigenvalue weighted by Gasteiger charge is -2.18. The Labute approximate surface area is 129 Å². The molecule has 0 saturated heterocycles. The van der Waals surface area contributed by atoms with Crippen LogP contribution < -0.4 is 14.2 Å². The van der Waals surface area contributed by atoms with Gasteiger partial charge < -0.3 is 19.3 Å². The van der Waals surface area contributed by atoms with Crippen LogP contribution in [0, 0.1) is 0 Å². The molecule has 0 saturated carbocycles. The number of carbonyl (C=O) groups excluding carboxylic acids is 1. The summed E-state index contributed by atoms with van der Waals surface area (Å²) in [6.07, 6.45) is -1.39. The highest BCUT2D eigenvalue weighted by Crippen LogP contribution is 2.39. The first-order valence-corrected chi connectivity index (χ1v) is 6.69. The molecule has 2 aromatic carbocycles. The molecule has 0 aliphatic heterocycles. The Morgan fingerprint density at radius 1 is 0.955 bits per heavy atom. The maximum absolute atomic E-state index is 12.4. The van der Waals surface area contributed by atoms with Gasteiger partial charge in [-0.2, -0.15) is 0 Å². The van der Waals surface area contributed by atoms with Gasteiger partial charge in [-0.3, -0.25) is 4.79 Å². The maximum atomic E-state index is 12.4. The van der Waals surface area contributed by atoms with Crippen LogP contribution in [-0.4, -0.2) is 32.2 Å². The van der Waals surface area contributed by atoms with E-state index in [1.165, 1.54) is 21.3 Å². The Balaban J connectivity index is 2.48. The van der Waals surface area contributed by atoms with Gasteiger partial charge in [0.05, 0.1) is 26.9 Å². The van der Waals surface area contributed by atoms with Crippen LogP contribution in [0.15, 0.2) is 42.5 Å². The van der Waals surface area contributed by atoms with Gasteiger partial charge in [-0.25, -0.2) is 0 Å². The molecule has 0 bridgehead atoms. The predicted octanol–water partition coefficient (Wildman–Crippen LogP) is 2.63. The summed E-state index contributed by atoms with van der Waals surface area (Å²) >= 11 is 0. The van der Waals surface area contributed by atoms with Gasteiger partial charge in [0.2, 0.25) is 0 Å². The smallest absolute Gasteiger partial charge is 0.196 e. The highest BCUT2D eigenvalue weighted by atomic mass is 16.5. The van der Waals surface area contributed by atoms with Crippen molar-refractivity contribution in [2.45, 2.75) is 6.10 Å². The molecule has 2 aromatic rings. The fourth-order valence-electron chi connectivity index (χ4n) is 2.19. The van der Waals surface area contributed by atoms with Crippen LogP contribution in [0.5, 0.6) is 17.2 Å². The molecule has 22 heavy (non-hydrogen) atoms. The lowest BCUT2D eigenvalue weighted by molar-refractivity contribution is 0.0736. The van der Waals surface area contributed by atoms with Crippen LogP contribution in [0.25, 0.3) is 0 Å². The van der Waals surface area contributed by atoms with Crippen LogP contribution in [-0.2, 0) is 0 Å². The van der Waals surface area contributed by atoms with Crippen molar-refractivity contribution in [2.75, 3.05) is 21.3 Å². The van der Waals surface area contributed by atoms with Gasteiger partial charge in [-0.1, -0.05) is 30.3 Å². The Hall–Kier alpha value is -2.53. The number of aliphatic hydroxyl groups is 1. The molecule has 5 heteroatoms. The molecule has 0 aromatic heterocycles. The molecule has 2 rings (SSSR count). The summed E-state index contributed by atoms with van der Waals surface area (Å²) in [5.74, 6) is 0.736. The quantitative estimate of drug-likeness (QED) is 0.831. The van der Waals surface area contributed by atoms with Crippen molar-refractivity contribution in [3.63, 3.8) is 0 Å². The first-order valence-electron chi connectivity index (χ1n) is 6.69. The molecular weight excluding hydrogens is 284 g/mol. The van der Waals surface area contributed by atoms with Crippen LogP contribution in [0.2, 0.25) is 0 Å². The third-order valence-electron chi connectivity index (χ3n) is 3.33. The van der Waals surface area contributed by atoms with E-state index in [-0.39, 0.29) is 5.56 Å². The summed E-state index contributed by atoms with van der Waals surface area (Å²) in [5, 5.41) is 10.5. The average Bonchev–Trinajstić information content (AvgIpc) is 2.59. The number of ether oxygens (including phenoxy) is 3. The Kier molecular flexibility index (Phi) is 5.01. The molecule has 1 unspecified atom stereocenters. The lowest BCUT2D eigenvalue weighted by atomic mass is 9.98. The number of rotatable bonds is 6. The second-order valence-corrected chi connectivity index (χ2v) is 4.58. The zero-order valence-electron chi connectivity index (χ0n) is 12.7. The number of carbonyl (C=O) groups is 1. The van der Waals surface area contributed by atoms with Gasteiger partial charge in [-0.05, 0) is 0 Å². The molecule has 1 N–H and O–H groups in total. The van der Waals surface area contributed by atoms with Gasteiger partial charge in [0.25, 0.3) is 0 Å². The van der Waals surface area contributed by atoms with Crippen molar-refractivity contribution in [3.05, 3.63) is 53.6 Å². The fourth-order valence-corrected chi connectivity index (χ4v) is 2.19. The summed E-state index contributed by atoms with van der Waals surface area (Å²) in [5.41, 5.74) is 0.689. The van der Waals surface area contributed by atoms with Crippen molar-refractivity contribution in [1.29, 1.82) is 0 Å². The standard InChI is InChI=1S/C17H18O5/c1-20-12-9-13(21-2)15(14(10-12)22-3)17(19)16(18)11-7-5-4-6-8-11/h4-10,17,19H,1-3H3. The highest BCUT2D eigenvalue weighted by Gasteiger charge is 2.27. The van der Waals surface area contributed by atoms with Crippen molar-refractivity contribution >= 4 is 5.78 Å². The number of hydrogen-bond acceptors (Lipinski definition) is 5. The maximum Gasteiger partial charge on any atom is 0.196 e. The molecule has 0 radical (unpaired) electrons. The van der Waals surface area contributed by atoms with Crippen molar-refractivity contribution in [1.82, 2.24) is 0 Å². The highest BCUT2D eigenvalue weighted by molar-refractivity contribution is 6.00. The Morgan fingerprint density at radius 3 is 1.95 bits per heavy atom. The number of methoxy groups -OCH3 is 3. The van der Waals surface area contributed by atoms with E-state index in [1.54, 1.807) is 42.5 Å². The zero-order chi connectivity index (χ0) is 16.1. The topological polar surface area (TPSA) is 65.0 Å². The minimum absolute atomic E-state index is 0.277. The third-order valence-corrected chi connectivity index (χ3v) is 3.33. The van der Waals surface area contributed by atoms with Crippen LogP contribution >= 0.6 is 0 Å². The number of hydrogen-bond donors (Lipinski definition) is 1. The number of benzene rings is 2. The SMILES string of the molecule is COc1cc(OC)c(C(O)C(=O)c2ccccc2)c(OC)c1. The van der Waals surface area contributed by atoms with Crippen molar-refractivity contribution in [2.24, 2.45) is 0 Å². The lowest BCUT2D eigenvalue weighted by Crippen LogP contribution is -2.14. The normalized spacial score (nSPS) is 11.6. The summed E-state index contributed by atoms with van der Waals surface area (Å²) in [4.78, 5) is 12.4. The Bertz CT molecular complexity index is 626. The van der Waals surface area contributed by atoms with E-state index in [0.29, 0.717) is 22.8 Å². The van der Waals surface area contributed by atoms with E-state index in [2.05, 4.69) is 0 Å². The van der Waals surface area contributed by atoms with E-state index in [4.69, 9.17) is 14.2 Å². The van der Waals surface area contributed by atoms with Crippen molar-refractivity contribution in [3.8, 4) is 17.2 Å². The van der Waals surface area contributed by atoms with E-state index >= 15 is 0 Å². The third kappa shape index (κ3) is 3.04. The fraction of sp³-hybridized carbons (Fsp3) is 0.235. The molecule has 1 atom stereocenters. The van der Waals surface area contributed by atoms with Gasteiger partial charge in [0.15, 0.2) is 5.78 Å². The molecular formula is C17H18O5. The van der Waals surface area contributed by atoms with Gasteiger partial charge >= 0.3 is 0 Å². The first kappa shape index (κ1) is 15.9. The van der Waals surface area contributed by atoms with Crippen LogP contribution in [0.4, 0.5) is 0 Å². The van der Waals surface area contributed by atoms with E-state index in [1.807, 2.05) is 0 Å². The molecule has 5 nitrogen and oxygen atoms in total. The second-order valence-electron chi connectivity index (χ2n) is 4.58. The predicted molar refractivity (Wildman–Crippen MR) is 81.8 cm³/mol. The Morgan fingerprint density at radius 2 is 1.50 bits per heavy atom. The summed E-state index contributed by atoms with van der Waals surface area (Å²) in [6.45, 7) is 0. The van der Waals surface area contributed by atoms with Gasteiger partial charge in [-0.15, -0.1) is 0 Å². The largest absolute Gasteiger partial charge is 0.496 e. The van der Waals surface area contributed by atoms with E-state index in [9.17, 15) is 9.90 Å². The summed E-state index contributed by atoms with van der Waals surface area (Å²) in [7, 11) is 4.42. The number of ketones is 1. The van der Waals surface area contributed by atoms with Crippen LogP contribution in [0.3, 0.4) is 0 Å². The molecule has 0 aliphatic carbocycles.